The van der Waals surface area contributed by atoms with E-state index in [9.17, 15) is 4.39 Å². The molecule has 0 N–H and O–H groups in total. The molecule has 0 spiro atoms. The van der Waals surface area contributed by atoms with Gasteiger partial charge < -0.3 is 9.16 Å². The summed E-state index contributed by atoms with van der Waals surface area (Å²) in [6, 6.07) is 4.72. The molecule has 1 aromatic rings. The predicted octanol–water partition coefficient (Wildman–Crippen LogP) is 3.28. The zero-order chi connectivity index (χ0) is 17.0. The number of hydrogen-bond acceptors (Lipinski definition) is 3. The van der Waals surface area contributed by atoms with Gasteiger partial charge >= 0.3 is 0 Å². The summed E-state index contributed by atoms with van der Waals surface area (Å²) in [4.78, 5) is 0. The summed E-state index contributed by atoms with van der Waals surface area (Å²) in [7, 11) is 3.78. The minimum absolute atomic E-state index is 0.0730. The molecule has 0 aliphatic heterocycles. The first kappa shape index (κ1) is 18.7. The molecule has 0 unspecified atom stereocenters. The Hall–Kier alpha value is -1.32. The Morgan fingerprint density at radius 3 is 2.45 bits per heavy atom. The van der Waals surface area contributed by atoms with E-state index in [1.54, 1.807) is 0 Å². The third kappa shape index (κ3) is 4.59. The molecule has 0 bridgehead atoms. The maximum absolute atomic E-state index is 13.9. The molecular weight excluding hydrogens is 296 g/mol. The first-order valence-electron chi connectivity index (χ1n) is 7.35. The molecule has 0 aromatic heterocycles. The van der Waals surface area contributed by atoms with Crippen LogP contribution in [-0.4, -0.2) is 29.4 Å². The summed E-state index contributed by atoms with van der Waals surface area (Å²) < 4.78 is 25.3. The van der Waals surface area contributed by atoms with E-state index in [1.165, 1.54) is 12.1 Å². The van der Waals surface area contributed by atoms with E-state index >= 15 is 0 Å². The van der Waals surface area contributed by atoms with Gasteiger partial charge in [0.15, 0.2) is 19.9 Å². The van der Waals surface area contributed by atoms with E-state index in [1.807, 2.05) is 6.07 Å². The number of nitrogens with zero attached hydrogens (tertiary/aromatic N) is 1. The molecule has 3 nitrogen and oxygen atoms in total. The maximum atomic E-state index is 13.9. The zero-order valence-electron chi connectivity index (χ0n) is 14.0. The molecular formula is C16H23BFNO2Si. The highest BCUT2D eigenvalue weighted by molar-refractivity contribution is 6.74. The van der Waals surface area contributed by atoms with Crippen LogP contribution in [0.25, 0.3) is 0 Å². The fourth-order valence-electron chi connectivity index (χ4n) is 1.57. The monoisotopic (exact) mass is 319 g/mol. The zero-order valence-corrected chi connectivity index (χ0v) is 15.0. The van der Waals surface area contributed by atoms with Crippen molar-refractivity contribution in [2.75, 3.05) is 13.2 Å². The lowest BCUT2D eigenvalue weighted by molar-refractivity contribution is 0.229. The van der Waals surface area contributed by atoms with Crippen LogP contribution in [0.4, 0.5) is 4.39 Å². The SMILES string of the molecule is [B]c1c(C#N)ccc(OCCCO[Si](C)(C)C(C)(C)C)c1F. The van der Waals surface area contributed by atoms with Gasteiger partial charge in [-0.3, -0.25) is 0 Å². The number of benzene rings is 1. The summed E-state index contributed by atoms with van der Waals surface area (Å²) in [5.41, 5.74) is -0.0522. The Morgan fingerprint density at radius 1 is 1.27 bits per heavy atom. The van der Waals surface area contributed by atoms with Crippen molar-refractivity contribution in [3.8, 4) is 11.8 Å². The molecule has 22 heavy (non-hydrogen) atoms. The Balaban J connectivity index is 2.47. The molecule has 1 aromatic carbocycles. The molecule has 0 saturated carbocycles. The number of halogens is 1. The summed E-state index contributed by atoms with van der Waals surface area (Å²) in [6.07, 6.45) is 0.672. The maximum Gasteiger partial charge on any atom is 0.191 e. The fourth-order valence-corrected chi connectivity index (χ4v) is 2.65. The summed E-state index contributed by atoms with van der Waals surface area (Å²) in [5, 5.41) is 8.94. The van der Waals surface area contributed by atoms with E-state index in [4.69, 9.17) is 22.3 Å². The minimum Gasteiger partial charge on any atom is -0.490 e. The van der Waals surface area contributed by atoms with Gasteiger partial charge in [0.25, 0.3) is 0 Å². The van der Waals surface area contributed by atoms with Crippen LogP contribution in [0.5, 0.6) is 5.75 Å². The van der Waals surface area contributed by atoms with Gasteiger partial charge in [-0.15, -0.1) is 0 Å². The van der Waals surface area contributed by atoms with E-state index in [2.05, 4.69) is 33.9 Å². The molecule has 0 amide bonds. The highest BCUT2D eigenvalue weighted by Crippen LogP contribution is 2.36. The third-order valence-corrected chi connectivity index (χ3v) is 8.62. The van der Waals surface area contributed by atoms with Gasteiger partial charge in [-0.25, -0.2) is 4.39 Å². The molecule has 6 heteroatoms. The Bertz CT molecular complexity index is 564. The highest BCUT2D eigenvalue weighted by atomic mass is 28.4. The lowest BCUT2D eigenvalue weighted by Crippen LogP contribution is -2.41. The highest BCUT2D eigenvalue weighted by Gasteiger charge is 2.36. The molecule has 0 heterocycles. The van der Waals surface area contributed by atoms with Gasteiger partial charge in [-0.2, -0.15) is 5.26 Å². The average Bonchev–Trinajstić information content (AvgIpc) is 2.41. The molecule has 0 aliphatic carbocycles. The molecule has 1 rings (SSSR count). The van der Waals surface area contributed by atoms with Gasteiger partial charge in [0.1, 0.15) is 7.85 Å². The lowest BCUT2D eigenvalue weighted by atomic mass is 9.90. The van der Waals surface area contributed by atoms with Crippen LogP contribution in [0.3, 0.4) is 0 Å². The molecule has 0 fully saturated rings. The standard InChI is InChI=1S/C16H23BFNO2Si/c1-16(2,3)22(4,5)21-10-6-9-20-13-8-7-12(11-19)14(17)15(13)18/h7-8H,6,9-10H2,1-5H3. The van der Waals surface area contributed by atoms with Crippen LogP contribution in [-0.2, 0) is 4.43 Å². The van der Waals surface area contributed by atoms with Crippen molar-refractivity contribution in [3.05, 3.63) is 23.5 Å². The number of hydrogen-bond donors (Lipinski definition) is 0. The van der Waals surface area contributed by atoms with Crippen LogP contribution in [0.15, 0.2) is 12.1 Å². The summed E-state index contributed by atoms with van der Waals surface area (Å²) in [5.74, 6) is -0.604. The Labute approximate surface area is 135 Å². The number of rotatable bonds is 6. The molecule has 0 aliphatic rings. The second-order valence-electron chi connectivity index (χ2n) is 6.76. The third-order valence-electron chi connectivity index (χ3n) is 4.08. The van der Waals surface area contributed by atoms with Crippen molar-refractivity contribution in [2.45, 2.75) is 45.3 Å². The van der Waals surface area contributed by atoms with Crippen LogP contribution in [0, 0.1) is 17.1 Å². The van der Waals surface area contributed by atoms with Gasteiger partial charge in [-0.1, -0.05) is 20.8 Å². The van der Waals surface area contributed by atoms with E-state index in [0.717, 1.165) is 0 Å². The number of ether oxygens (including phenoxy) is 1. The minimum atomic E-state index is -1.75. The Morgan fingerprint density at radius 2 is 1.91 bits per heavy atom. The van der Waals surface area contributed by atoms with Gasteiger partial charge in [0, 0.05) is 18.6 Å². The van der Waals surface area contributed by atoms with E-state index in [-0.39, 0.29) is 21.8 Å². The van der Waals surface area contributed by atoms with Crippen LogP contribution < -0.4 is 10.2 Å². The van der Waals surface area contributed by atoms with Gasteiger partial charge in [-0.05, 0) is 35.7 Å². The Kier molecular flexibility index (Phi) is 6.21. The largest absolute Gasteiger partial charge is 0.490 e. The lowest BCUT2D eigenvalue weighted by Gasteiger charge is -2.36. The quantitative estimate of drug-likeness (QED) is 0.597. The van der Waals surface area contributed by atoms with Gasteiger partial charge in [0.05, 0.1) is 12.7 Å². The number of nitriles is 1. The topological polar surface area (TPSA) is 42.2 Å². The first-order chi connectivity index (χ1) is 10.1. The summed E-state index contributed by atoms with van der Waals surface area (Å²) >= 11 is 0. The first-order valence-corrected chi connectivity index (χ1v) is 10.3. The van der Waals surface area contributed by atoms with Crippen molar-refractivity contribution in [1.82, 2.24) is 0 Å². The summed E-state index contributed by atoms with van der Waals surface area (Å²) in [6.45, 7) is 11.9. The van der Waals surface area contributed by atoms with E-state index < -0.39 is 14.1 Å². The van der Waals surface area contributed by atoms with Crippen LogP contribution >= 0.6 is 0 Å². The van der Waals surface area contributed by atoms with Crippen molar-refractivity contribution in [1.29, 1.82) is 5.26 Å². The molecule has 118 valence electrons. The van der Waals surface area contributed by atoms with E-state index in [0.29, 0.717) is 19.6 Å². The van der Waals surface area contributed by atoms with Crippen molar-refractivity contribution >= 4 is 21.6 Å². The normalized spacial score (nSPS) is 12.0. The van der Waals surface area contributed by atoms with Crippen LogP contribution in [0.1, 0.15) is 32.8 Å². The smallest absolute Gasteiger partial charge is 0.191 e. The second kappa shape index (κ2) is 7.30. The van der Waals surface area contributed by atoms with Crippen LogP contribution in [0.2, 0.25) is 18.1 Å². The molecule has 2 radical (unpaired) electrons. The average molecular weight is 319 g/mol. The molecule has 0 saturated heterocycles. The predicted molar refractivity (Wildman–Crippen MR) is 89.8 cm³/mol. The van der Waals surface area contributed by atoms with Gasteiger partial charge in [0.2, 0.25) is 0 Å². The second-order valence-corrected chi connectivity index (χ2v) is 11.6. The molecule has 0 atom stereocenters. The van der Waals surface area contributed by atoms with Crippen molar-refractivity contribution < 1.29 is 13.6 Å². The van der Waals surface area contributed by atoms with Crippen molar-refractivity contribution in [2.24, 2.45) is 0 Å². The van der Waals surface area contributed by atoms with Crippen molar-refractivity contribution in [3.63, 3.8) is 0 Å². The fraction of sp³-hybridized carbons (Fsp3) is 0.562.